The molecule has 1 unspecified atom stereocenters. The van der Waals surface area contributed by atoms with E-state index in [-0.39, 0.29) is 6.04 Å². The van der Waals surface area contributed by atoms with Gasteiger partial charge in [0.1, 0.15) is 11.3 Å². The lowest BCUT2D eigenvalue weighted by molar-refractivity contribution is 0.507. The Labute approximate surface area is 118 Å². The Hall–Kier alpha value is -0.930. The number of fused-ring (bicyclic) bond motifs is 1. The largest absolute Gasteiger partial charge is 0.459 e. The van der Waals surface area contributed by atoms with Crippen LogP contribution in [0.4, 0.5) is 0 Å². The number of hydrogen-bond acceptors (Lipinski definition) is 3. The van der Waals surface area contributed by atoms with E-state index >= 15 is 0 Å². The van der Waals surface area contributed by atoms with Gasteiger partial charge in [0.15, 0.2) is 0 Å². The van der Waals surface area contributed by atoms with Gasteiger partial charge >= 0.3 is 0 Å². The summed E-state index contributed by atoms with van der Waals surface area (Å²) < 4.78 is 5.83. The first-order chi connectivity index (χ1) is 9.33. The van der Waals surface area contributed by atoms with Gasteiger partial charge < -0.3 is 10.2 Å². The number of nitrogens with two attached hydrogens (primary N) is 1. The van der Waals surface area contributed by atoms with E-state index in [4.69, 9.17) is 10.2 Å². The fraction of sp³-hybridized carbons (Fsp3) is 0.500. The standard InChI is InChI=1S/C16H21NOS/c17-14(11-19-13-7-2-1-3-8-13)16-10-12-6-4-5-9-15(12)18-16/h4-6,9-10,13-14H,1-3,7-8,11,17H2. The van der Waals surface area contributed by atoms with Crippen molar-refractivity contribution in [2.24, 2.45) is 5.73 Å². The van der Waals surface area contributed by atoms with Gasteiger partial charge in [-0.2, -0.15) is 11.8 Å². The van der Waals surface area contributed by atoms with Crippen LogP contribution >= 0.6 is 11.8 Å². The Morgan fingerprint density at radius 3 is 2.79 bits per heavy atom. The van der Waals surface area contributed by atoms with Gasteiger partial charge in [-0.25, -0.2) is 0 Å². The molecule has 1 aromatic carbocycles. The van der Waals surface area contributed by atoms with E-state index in [0.29, 0.717) is 0 Å². The molecule has 1 heterocycles. The third-order valence-electron chi connectivity index (χ3n) is 3.87. The predicted octanol–water partition coefficient (Wildman–Crippen LogP) is 4.50. The summed E-state index contributed by atoms with van der Waals surface area (Å²) >= 11 is 2.03. The molecule has 1 aliphatic rings. The highest BCUT2D eigenvalue weighted by atomic mass is 32.2. The van der Waals surface area contributed by atoms with Crippen molar-refractivity contribution in [3.05, 3.63) is 36.1 Å². The van der Waals surface area contributed by atoms with E-state index in [9.17, 15) is 0 Å². The summed E-state index contributed by atoms with van der Waals surface area (Å²) in [6.07, 6.45) is 6.90. The van der Waals surface area contributed by atoms with E-state index in [2.05, 4.69) is 12.1 Å². The Balaban J connectivity index is 1.61. The quantitative estimate of drug-likeness (QED) is 0.893. The molecule has 0 spiro atoms. The number of thioether (sulfide) groups is 1. The molecule has 0 radical (unpaired) electrons. The van der Waals surface area contributed by atoms with Crippen LogP contribution in [0.1, 0.15) is 43.9 Å². The number of hydrogen-bond donors (Lipinski definition) is 1. The van der Waals surface area contributed by atoms with E-state index in [1.54, 1.807) is 0 Å². The molecule has 3 rings (SSSR count). The maximum absolute atomic E-state index is 6.26. The Morgan fingerprint density at radius 2 is 2.00 bits per heavy atom. The highest BCUT2D eigenvalue weighted by Crippen LogP contribution is 2.31. The van der Waals surface area contributed by atoms with Gasteiger partial charge in [0, 0.05) is 16.4 Å². The first kappa shape index (κ1) is 13.1. The smallest absolute Gasteiger partial charge is 0.134 e. The van der Waals surface area contributed by atoms with E-state index in [1.165, 1.54) is 32.1 Å². The van der Waals surface area contributed by atoms with Crippen molar-refractivity contribution < 1.29 is 4.42 Å². The average Bonchev–Trinajstić information content (AvgIpc) is 2.90. The van der Waals surface area contributed by atoms with Crippen LogP contribution in [0.2, 0.25) is 0 Å². The molecule has 3 heteroatoms. The molecular formula is C16H21NOS. The summed E-state index contributed by atoms with van der Waals surface area (Å²) in [6.45, 7) is 0. The minimum atomic E-state index is 0.0133. The molecule has 0 saturated heterocycles. The van der Waals surface area contributed by atoms with E-state index in [0.717, 1.165) is 27.7 Å². The van der Waals surface area contributed by atoms with Gasteiger partial charge in [0.2, 0.25) is 0 Å². The first-order valence-electron chi connectivity index (χ1n) is 7.18. The Bertz CT molecular complexity index is 497. The number of furan rings is 1. The maximum atomic E-state index is 6.26. The van der Waals surface area contributed by atoms with Crippen LogP contribution in [-0.2, 0) is 0 Å². The van der Waals surface area contributed by atoms with Crippen molar-refractivity contribution in [2.75, 3.05) is 5.75 Å². The van der Waals surface area contributed by atoms with Crippen LogP contribution in [-0.4, -0.2) is 11.0 Å². The molecule has 1 aromatic heterocycles. The topological polar surface area (TPSA) is 39.2 Å². The summed E-state index contributed by atoms with van der Waals surface area (Å²) in [5.41, 5.74) is 7.20. The Kier molecular flexibility index (Phi) is 4.14. The van der Waals surface area contributed by atoms with Crippen molar-refractivity contribution in [3.8, 4) is 0 Å². The molecule has 1 aliphatic carbocycles. The molecule has 2 aromatic rings. The summed E-state index contributed by atoms with van der Waals surface area (Å²) in [5.74, 6) is 1.88. The number of benzene rings is 1. The van der Waals surface area contributed by atoms with E-state index < -0.39 is 0 Å². The fourth-order valence-corrected chi connectivity index (χ4v) is 4.05. The predicted molar refractivity (Wildman–Crippen MR) is 82.5 cm³/mol. The van der Waals surface area contributed by atoms with Crippen LogP contribution in [0.15, 0.2) is 34.7 Å². The minimum Gasteiger partial charge on any atom is -0.459 e. The second-order valence-corrected chi connectivity index (χ2v) is 6.72. The van der Waals surface area contributed by atoms with Gasteiger partial charge in [-0.1, -0.05) is 37.5 Å². The van der Waals surface area contributed by atoms with Gasteiger partial charge in [0.05, 0.1) is 6.04 Å². The van der Waals surface area contributed by atoms with Gasteiger partial charge in [-0.05, 0) is 25.0 Å². The zero-order valence-electron chi connectivity index (χ0n) is 11.2. The van der Waals surface area contributed by atoms with Crippen molar-refractivity contribution in [1.82, 2.24) is 0 Å². The maximum Gasteiger partial charge on any atom is 0.134 e. The number of para-hydroxylation sites is 1. The highest BCUT2D eigenvalue weighted by Gasteiger charge is 2.17. The van der Waals surface area contributed by atoms with Crippen LogP contribution in [0.25, 0.3) is 11.0 Å². The summed E-state index contributed by atoms with van der Waals surface area (Å²) in [7, 11) is 0. The minimum absolute atomic E-state index is 0.0133. The molecule has 1 atom stereocenters. The van der Waals surface area contributed by atoms with Gasteiger partial charge in [-0.3, -0.25) is 0 Å². The molecule has 2 nitrogen and oxygen atoms in total. The summed E-state index contributed by atoms with van der Waals surface area (Å²) in [6, 6.07) is 10.2. The zero-order valence-corrected chi connectivity index (χ0v) is 12.0. The summed E-state index contributed by atoms with van der Waals surface area (Å²) in [5, 5.41) is 1.96. The fourth-order valence-electron chi connectivity index (χ4n) is 2.74. The lowest BCUT2D eigenvalue weighted by Gasteiger charge is -2.22. The van der Waals surface area contributed by atoms with Crippen molar-refractivity contribution in [1.29, 1.82) is 0 Å². The lowest BCUT2D eigenvalue weighted by atomic mass is 10.0. The molecule has 2 N–H and O–H groups in total. The normalized spacial score (nSPS) is 18.8. The molecule has 0 bridgehead atoms. The first-order valence-corrected chi connectivity index (χ1v) is 8.23. The second kappa shape index (κ2) is 6.02. The van der Waals surface area contributed by atoms with Crippen LogP contribution in [0, 0.1) is 0 Å². The summed E-state index contributed by atoms with van der Waals surface area (Å²) in [4.78, 5) is 0. The zero-order chi connectivity index (χ0) is 13.1. The van der Waals surface area contributed by atoms with Crippen LogP contribution in [0.3, 0.4) is 0 Å². The van der Waals surface area contributed by atoms with Crippen molar-refractivity contribution >= 4 is 22.7 Å². The van der Waals surface area contributed by atoms with Gasteiger partial charge in [-0.15, -0.1) is 0 Å². The van der Waals surface area contributed by atoms with Crippen molar-refractivity contribution in [2.45, 2.75) is 43.4 Å². The number of rotatable bonds is 4. The molecular weight excluding hydrogens is 254 g/mol. The second-order valence-electron chi connectivity index (χ2n) is 5.39. The Morgan fingerprint density at radius 1 is 1.21 bits per heavy atom. The molecule has 102 valence electrons. The molecule has 1 fully saturated rings. The molecule has 0 amide bonds. The van der Waals surface area contributed by atoms with E-state index in [1.807, 2.05) is 30.0 Å². The molecule has 1 saturated carbocycles. The molecule has 0 aliphatic heterocycles. The van der Waals surface area contributed by atoms with Gasteiger partial charge in [0.25, 0.3) is 0 Å². The molecule has 19 heavy (non-hydrogen) atoms. The third-order valence-corrected chi connectivity index (χ3v) is 5.37. The third kappa shape index (κ3) is 3.15. The highest BCUT2D eigenvalue weighted by molar-refractivity contribution is 7.99. The van der Waals surface area contributed by atoms with Crippen LogP contribution < -0.4 is 5.73 Å². The average molecular weight is 275 g/mol. The van der Waals surface area contributed by atoms with Crippen molar-refractivity contribution in [3.63, 3.8) is 0 Å². The van der Waals surface area contributed by atoms with Crippen LogP contribution in [0.5, 0.6) is 0 Å². The monoisotopic (exact) mass is 275 g/mol. The SMILES string of the molecule is NC(CSC1CCCCC1)c1cc2ccccc2o1. The lowest BCUT2D eigenvalue weighted by Crippen LogP contribution is -2.16.